The van der Waals surface area contributed by atoms with E-state index >= 15 is 0 Å². The molecule has 0 spiro atoms. The number of ether oxygens (including phenoxy) is 2. The van der Waals surface area contributed by atoms with Crippen LogP contribution in [0.4, 0.5) is 0 Å². The van der Waals surface area contributed by atoms with Crippen LogP contribution in [0.3, 0.4) is 0 Å². The number of amides is 1. The van der Waals surface area contributed by atoms with Gasteiger partial charge in [-0.05, 0) is 38.1 Å². The molecule has 1 unspecified atom stereocenters. The number of carbonyl (C=O) groups excluding carboxylic acids is 2. The molecule has 0 saturated carbocycles. The first kappa shape index (κ1) is 21.4. The van der Waals surface area contributed by atoms with E-state index in [4.69, 9.17) is 4.74 Å². The molecule has 9 heteroatoms. The van der Waals surface area contributed by atoms with Crippen molar-refractivity contribution in [3.05, 3.63) is 39.9 Å². The van der Waals surface area contributed by atoms with Gasteiger partial charge in [-0.25, -0.2) is 4.79 Å². The molecule has 0 fully saturated rings. The molecule has 0 radical (unpaired) electrons. The van der Waals surface area contributed by atoms with Gasteiger partial charge in [0.2, 0.25) is 5.54 Å². The van der Waals surface area contributed by atoms with Gasteiger partial charge < -0.3 is 19.9 Å². The summed E-state index contributed by atoms with van der Waals surface area (Å²) in [5.74, 6) is -1.13. The van der Waals surface area contributed by atoms with Gasteiger partial charge in [0.25, 0.3) is 5.91 Å². The molecule has 1 aromatic carbocycles. The standard InChI is InChI=1S/C17H24N2O7/c1-16(2,22)10-26-12-8-6-11(7-9-12)14(20)18-13(15(21)25-5)17(3,4)19(23)24/h6-9,13,22H,10H2,1-5H3,(H,18,20). The highest BCUT2D eigenvalue weighted by molar-refractivity contribution is 5.97. The molecule has 0 aromatic heterocycles. The molecule has 144 valence electrons. The van der Waals surface area contributed by atoms with E-state index < -0.39 is 34.0 Å². The molecular weight excluding hydrogens is 344 g/mol. The van der Waals surface area contributed by atoms with Crippen molar-refractivity contribution in [1.29, 1.82) is 0 Å². The third-order valence-electron chi connectivity index (χ3n) is 3.60. The Kier molecular flexibility index (Phi) is 6.68. The summed E-state index contributed by atoms with van der Waals surface area (Å²) in [7, 11) is 1.09. The van der Waals surface area contributed by atoms with E-state index in [-0.39, 0.29) is 12.2 Å². The average Bonchev–Trinajstić information content (AvgIpc) is 2.56. The number of methoxy groups -OCH3 is 1. The lowest BCUT2D eigenvalue weighted by atomic mass is 9.95. The summed E-state index contributed by atoms with van der Waals surface area (Å²) in [6, 6.07) is 4.48. The van der Waals surface area contributed by atoms with Crippen LogP contribution >= 0.6 is 0 Å². The van der Waals surface area contributed by atoms with Gasteiger partial charge >= 0.3 is 5.97 Å². The van der Waals surface area contributed by atoms with Gasteiger partial charge in [0, 0.05) is 24.3 Å². The summed E-state index contributed by atoms with van der Waals surface area (Å²) in [5.41, 5.74) is -2.56. The van der Waals surface area contributed by atoms with Gasteiger partial charge in [-0.3, -0.25) is 14.9 Å². The van der Waals surface area contributed by atoms with Crippen molar-refractivity contribution >= 4 is 11.9 Å². The maximum atomic E-state index is 12.4. The molecular formula is C17H24N2O7. The number of esters is 1. The molecule has 1 amide bonds. The Morgan fingerprint density at radius 2 is 1.77 bits per heavy atom. The minimum absolute atomic E-state index is 0.0694. The molecule has 1 atom stereocenters. The number of nitro groups is 1. The number of hydrogen-bond donors (Lipinski definition) is 2. The van der Waals surface area contributed by atoms with Gasteiger partial charge in [-0.15, -0.1) is 0 Å². The Bertz CT molecular complexity index is 663. The van der Waals surface area contributed by atoms with Crippen molar-refractivity contribution in [3.63, 3.8) is 0 Å². The monoisotopic (exact) mass is 368 g/mol. The molecule has 26 heavy (non-hydrogen) atoms. The van der Waals surface area contributed by atoms with Crippen molar-refractivity contribution in [2.24, 2.45) is 0 Å². The lowest BCUT2D eigenvalue weighted by Gasteiger charge is -2.25. The summed E-state index contributed by atoms with van der Waals surface area (Å²) >= 11 is 0. The first-order valence-electron chi connectivity index (χ1n) is 7.87. The first-order chi connectivity index (χ1) is 11.9. The molecule has 1 rings (SSSR count). The lowest BCUT2D eigenvalue weighted by Crippen LogP contribution is -2.58. The predicted octanol–water partition coefficient (Wildman–Crippen LogP) is 1.16. The smallest absolute Gasteiger partial charge is 0.335 e. The maximum Gasteiger partial charge on any atom is 0.335 e. The number of aliphatic hydroxyl groups is 1. The average molecular weight is 368 g/mol. The molecule has 9 nitrogen and oxygen atoms in total. The number of benzene rings is 1. The highest BCUT2D eigenvalue weighted by Crippen LogP contribution is 2.18. The van der Waals surface area contributed by atoms with Crippen LogP contribution in [0.25, 0.3) is 0 Å². The molecule has 2 N–H and O–H groups in total. The summed E-state index contributed by atoms with van der Waals surface area (Å²) in [6.45, 7) is 5.71. The van der Waals surface area contributed by atoms with Crippen molar-refractivity contribution in [2.45, 2.75) is 44.9 Å². The quantitative estimate of drug-likeness (QED) is 0.400. The number of nitrogens with one attached hydrogen (secondary N) is 1. The van der Waals surface area contributed by atoms with Crippen LogP contribution in [0, 0.1) is 10.1 Å². The van der Waals surface area contributed by atoms with Crippen LogP contribution in [-0.4, -0.2) is 52.8 Å². The van der Waals surface area contributed by atoms with Gasteiger partial charge in [-0.2, -0.15) is 0 Å². The fourth-order valence-corrected chi connectivity index (χ4v) is 1.92. The van der Waals surface area contributed by atoms with E-state index in [9.17, 15) is 24.8 Å². The minimum atomic E-state index is -1.75. The first-order valence-corrected chi connectivity index (χ1v) is 7.87. The Hall–Kier alpha value is -2.68. The fraction of sp³-hybridized carbons (Fsp3) is 0.529. The topological polar surface area (TPSA) is 128 Å². The predicted molar refractivity (Wildman–Crippen MR) is 92.6 cm³/mol. The SMILES string of the molecule is COC(=O)C(NC(=O)c1ccc(OCC(C)(C)O)cc1)C(C)(C)[N+](=O)[O-]. The molecule has 1 aromatic rings. The number of rotatable bonds is 8. The Balaban J connectivity index is 2.90. The van der Waals surface area contributed by atoms with E-state index in [1.54, 1.807) is 13.8 Å². The second kappa shape index (κ2) is 8.13. The van der Waals surface area contributed by atoms with E-state index in [1.807, 2.05) is 0 Å². The van der Waals surface area contributed by atoms with Crippen LogP contribution in [0.1, 0.15) is 38.1 Å². The second-order valence-electron chi connectivity index (χ2n) is 6.97. The zero-order valence-electron chi connectivity index (χ0n) is 15.4. The summed E-state index contributed by atoms with van der Waals surface area (Å²) < 4.78 is 9.95. The molecule has 0 saturated heterocycles. The third kappa shape index (κ3) is 5.69. The molecule has 0 bridgehead atoms. The number of nitrogens with zero attached hydrogens (tertiary/aromatic N) is 1. The van der Waals surface area contributed by atoms with Gasteiger partial charge in [0.15, 0.2) is 6.04 Å². The summed E-state index contributed by atoms with van der Waals surface area (Å²) in [5, 5.41) is 23.2. The van der Waals surface area contributed by atoms with Gasteiger partial charge in [-0.1, -0.05) is 0 Å². The molecule has 0 heterocycles. The van der Waals surface area contributed by atoms with Crippen LogP contribution in [0.5, 0.6) is 5.75 Å². The van der Waals surface area contributed by atoms with Crippen molar-refractivity contribution in [3.8, 4) is 5.75 Å². The largest absolute Gasteiger partial charge is 0.491 e. The van der Waals surface area contributed by atoms with Crippen LogP contribution in [-0.2, 0) is 9.53 Å². The Labute approximate surface area is 151 Å². The fourth-order valence-electron chi connectivity index (χ4n) is 1.92. The molecule has 0 aliphatic rings. The van der Waals surface area contributed by atoms with E-state index in [2.05, 4.69) is 10.1 Å². The van der Waals surface area contributed by atoms with Crippen LogP contribution in [0.15, 0.2) is 24.3 Å². The van der Waals surface area contributed by atoms with Gasteiger partial charge in [0.1, 0.15) is 12.4 Å². The highest BCUT2D eigenvalue weighted by atomic mass is 16.6. The zero-order chi connectivity index (χ0) is 20.1. The van der Waals surface area contributed by atoms with Crippen molar-refractivity contribution in [1.82, 2.24) is 5.32 Å². The van der Waals surface area contributed by atoms with E-state index in [1.165, 1.54) is 38.1 Å². The summed E-state index contributed by atoms with van der Waals surface area (Å²) in [6.07, 6.45) is 0. The summed E-state index contributed by atoms with van der Waals surface area (Å²) in [4.78, 5) is 34.8. The molecule has 0 aliphatic carbocycles. The van der Waals surface area contributed by atoms with Crippen LogP contribution in [0.2, 0.25) is 0 Å². The number of carbonyl (C=O) groups is 2. The second-order valence-corrected chi connectivity index (χ2v) is 6.97. The highest BCUT2D eigenvalue weighted by Gasteiger charge is 2.47. The van der Waals surface area contributed by atoms with Crippen molar-refractivity contribution < 1.29 is 29.1 Å². The van der Waals surface area contributed by atoms with Gasteiger partial charge in [0.05, 0.1) is 12.7 Å². The lowest BCUT2D eigenvalue weighted by molar-refractivity contribution is -0.562. The Morgan fingerprint density at radius 1 is 1.23 bits per heavy atom. The van der Waals surface area contributed by atoms with E-state index in [0.29, 0.717) is 5.75 Å². The number of hydrogen-bond acceptors (Lipinski definition) is 7. The molecule has 0 aliphatic heterocycles. The normalized spacial score (nSPS) is 12.8. The van der Waals surface area contributed by atoms with Crippen LogP contribution < -0.4 is 10.1 Å². The Morgan fingerprint density at radius 3 is 2.19 bits per heavy atom. The minimum Gasteiger partial charge on any atom is -0.491 e. The third-order valence-corrected chi connectivity index (χ3v) is 3.60. The van der Waals surface area contributed by atoms with E-state index in [0.717, 1.165) is 7.11 Å². The zero-order valence-corrected chi connectivity index (χ0v) is 15.4. The van der Waals surface area contributed by atoms with Crippen molar-refractivity contribution in [2.75, 3.05) is 13.7 Å². The maximum absolute atomic E-state index is 12.4.